The molecule has 0 saturated heterocycles. The highest BCUT2D eigenvalue weighted by atomic mass is 16.4. The van der Waals surface area contributed by atoms with Crippen LogP contribution in [0.1, 0.15) is 44.7 Å². The minimum absolute atomic E-state index is 0.0976. The van der Waals surface area contributed by atoms with Gasteiger partial charge in [0.25, 0.3) is 5.91 Å². The third-order valence-corrected chi connectivity index (χ3v) is 3.30. The van der Waals surface area contributed by atoms with Crippen LogP contribution in [0.4, 0.5) is 0 Å². The van der Waals surface area contributed by atoms with E-state index in [1.165, 1.54) is 12.3 Å². The molecule has 1 rings (SSSR count). The maximum atomic E-state index is 12.4. The zero-order valence-electron chi connectivity index (χ0n) is 13.8. The molecular formula is C16H24N2O5. The molecule has 0 aliphatic heterocycles. The average Bonchev–Trinajstić information content (AvgIpc) is 2.96. The maximum absolute atomic E-state index is 12.4. The van der Waals surface area contributed by atoms with Gasteiger partial charge in [-0.05, 0) is 30.4 Å². The molecule has 0 aromatic carbocycles. The van der Waals surface area contributed by atoms with E-state index < -0.39 is 29.9 Å². The van der Waals surface area contributed by atoms with Gasteiger partial charge in [0.2, 0.25) is 5.91 Å². The van der Waals surface area contributed by atoms with Gasteiger partial charge in [0.05, 0.1) is 6.26 Å². The number of carboxylic acids is 1. The van der Waals surface area contributed by atoms with Gasteiger partial charge in [-0.1, -0.05) is 27.7 Å². The molecule has 128 valence electrons. The molecule has 23 heavy (non-hydrogen) atoms. The van der Waals surface area contributed by atoms with Crippen LogP contribution in [-0.4, -0.2) is 35.0 Å². The van der Waals surface area contributed by atoms with Gasteiger partial charge in [0.1, 0.15) is 12.1 Å². The van der Waals surface area contributed by atoms with Crippen molar-refractivity contribution in [2.24, 2.45) is 11.8 Å². The van der Waals surface area contributed by atoms with Crippen LogP contribution in [0.15, 0.2) is 22.8 Å². The van der Waals surface area contributed by atoms with Crippen LogP contribution >= 0.6 is 0 Å². The smallest absolute Gasteiger partial charge is 0.326 e. The van der Waals surface area contributed by atoms with Crippen LogP contribution in [0.2, 0.25) is 0 Å². The molecule has 0 aliphatic carbocycles. The normalized spacial score (nSPS) is 13.7. The van der Waals surface area contributed by atoms with Crippen LogP contribution in [0.3, 0.4) is 0 Å². The topological polar surface area (TPSA) is 109 Å². The number of carbonyl (C=O) groups excluding carboxylic acids is 2. The van der Waals surface area contributed by atoms with E-state index in [-0.39, 0.29) is 17.6 Å². The first-order valence-corrected chi connectivity index (χ1v) is 7.60. The highest BCUT2D eigenvalue weighted by Crippen LogP contribution is 2.09. The first-order chi connectivity index (χ1) is 10.7. The Labute approximate surface area is 135 Å². The van der Waals surface area contributed by atoms with E-state index in [1.807, 2.05) is 13.8 Å². The Morgan fingerprint density at radius 3 is 2.26 bits per heavy atom. The van der Waals surface area contributed by atoms with Crippen molar-refractivity contribution in [2.75, 3.05) is 0 Å². The van der Waals surface area contributed by atoms with Crippen molar-refractivity contribution in [3.63, 3.8) is 0 Å². The number of hydrogen-bond donors (Lipinski definition) is 3. The lowest BCUT2D eigenvalue weighted by Gasteiger charge is -2.24. The molecule has 0 fully saturated rings. The van der Waals surface area contributed by atoms with Crippen molar-refractivity contribution in [3.05, 3.63) is 24.2 Å². The molecule has 0 bridgehead atoms. The number of nitrogens with one attached hydrogen (secondary N) is 2. The van der Waals surface area contributed by atoms with E-state index in [0.29, 0.717) is 6.42 Å². The first-order valence-electron chi connectivity index (χ1n) is 7.60. The molecule has 0 spiro atoms. The van der Waals surface area contributed by atoms with Gasteiger partial charge in [-0.3, -0.25) is 9.59 Å². The maximum Gasteiger partial charge on any atom is 0.326 e. The second kappa shape index (κ2) is 8.36. The van der Waals surface area contributed by atoms with Gasteiger partial charge in [0.15, 0.2) is 5.76 Å². The third-order valence-electron chi connectivity index (χ3n) is 3.30. The number of hydrogen-bond acceptors (Lipinski definition) is 4. The second-order valence-corrected chi connectivity index (χ2v) is 6.20. The summed E-state index contributed by atoms with van der Waals surface area (Å²) in [5.41, 5.74) is 0. The fraction of sp³-hybridized carbons (Fsp3) is 0.562. The van der Waals surface area contributed by atoms with Gasteiger partial charge in [-0.2, -0.15) is 0 Å². The Bertz CT molecular complexity index is 537. The lowest BCUT2D eigenvalue weighted by atomic mass is 10.0. The first kappa shape index (κ1) is 18.7. The summed E-state index contributed by atoms with van der Waals surface area (Å²) < 4.78 is 4.99. The lowest BCUT2D eigenvalue weighted by molar-refractivity contribution is -0.142. The number of furan rings is 1. The summed E-state index contributed by atoms with van der Waals surface area (Å²) in [6, 6.07) is 1.23. The molecule has 0 unspecified atom stereocenters. The van der Waals surface area contributed by atoms with Crippen molar-refractivity contribution in [1.82, 2.24) is 10.6 Å². The van der Waals surface area contributed by atoms with Crippen LogP contribution in [0.25, 0.3) is 0 Å². The number of rotatable bonds is 8. The Morgan fingerprint density at radius 2 is 1.83 bits per heavy atom. The van der Waals surface area contributed by atoms with Crippen LogP contribution in [0, 0.1) is 11.8 Å². The monoisotopic (exact) mass is 324 g/mol. The van der Waals surface area contributed by atoms with E-state index in [2.05, 4.69) is 10.6 Å². The van der Waals surface area contributed by atoms with E-state index in [1.54, 1.807) is 19.9 Å². The van der Waals surface area contributed by atoms with Crippen molar-refractivity contribution < 1.29 is 23.9 Å². The van der Waals surface area contributed by atoms with Gasteiger partial charge in [-0.15, -0.1) is 0 Å². The standard InChI is InChI=1S/C16H24N2O5/c1-9(2)8-11(16(21)22)17-15(20)13(10(3)4)18-14(19)12-6-5-7-23-12/h5-7,9-11,13H,8H2,1-4H3,(H,17,20)(H,18,19)(H,21,22)/t11-,13-/m1/s1. The molecular weight excluding hydrogens is 300 g/mol. The Hall–Kier alpha value is -2.31. The molecule has 0 radical (unpaired) electrons. The average molecular weight is 324 g/mol. The number of aliphatic carboxylic acids is 1. The fourth-order valence-electron chi connectivity index (χ4n) is 2.11. The summed E-state index contributed by atoms with van der Waals surface area (Å²) >= 11 is 0. The minimum Gasteiger partial charge on any atom is -0.480 e. The predicted molar refractivity (Wildman–Crippen MR) is 83.8 cm³/mol. The molecule has 3 N–H and O–H groups in total. The second-order valence-electron chi connectivity index (χ2n) is 6.20. The Kier molecular flexibility index (Phi) is 6.81. The molecule has 7 heteroatoms. The van der Waals surface area contributed by atoms with Gasteiger partial charge in [-0.25, -0.2) is 4.79 Å². The highest BCUT2D eigenvalue weighted by Gasteiger charge is 2.29. The molecule has 1 aromatic rings. The van der Waals surface area contributed by atoms with Crippen molar-refractivity contribution in [1.29, 1.82) is 0 Å². The molecule has 0 saturated carbocycles. The zero-order chi connectivity index (χ0) is 17.6. The molecule has 0 aliphatic rings. The molecule has 7 nitrogen and oxygen atoms in total. The SMILES string of the molecule is CC(C)C[C@@H](NC(=O)[C@H](NC(=O)c1ccco1)C(C)C)C(=O)O. The number of carboxylic acid groups (broad SMARTS) is 1. The van der Waals surface area contributed by atoms with Gasteiger partial charge < -0.3 is 20.2 Å². The van der Waals surface area contributed by atoms with Gasteiger partial charge in [0, 0.05) is 0 Å². The van der Waals surface area contributed by atoms with E-state index in [4.69, 9.17) is 4.42 Å². The zero-order valence-corrected chi connectivity index (χ0v) is 13.8. The predicted octanol–water partition coefficient (Wildman–Crippen LogP) is 1.65. The van der Waals surface area contributed by atoms with E-state index >= 15 is 0 Å². The lowest BCUT2D eigenvalue weighted by Crippen LogP contribution is -2.53. The number of amides is 2. The van der Waals surface area contributed by atoms with E-state index in [9.17, 15) is 19.5 Å². The minimum atomic E-state index is -1.09. The third kappa shape index (κ3) is 5.77. The van der Waals surface area contributed by atoms with E-state index in [0.717, 1.165) is 0 Å². The molecule has 1 aromatic heterocycles. The highest BCUT2D eigenvalue weighted by molar-refractivity contribution is 5.96. The number of carbonyl (C=O) groups is 3. The Balaban J connectivity index is 2.77. The summed E-state index contributed by atoms with van der Waals surface area (Å²) in [7, 11) is 0. The van der Waals surface area contributed by atoms with Crippen LogP contribution in [-0.2, 0) is 9.59 Å². The quantitative estimate of drug-likeness (QED) is 0.674. The van der Waals surface area contributed by atoms with Gasteiger partial charge >= 0.3 is 5.97 Å². The van der Waals surface area contributed by atoms with Crippen molar-refractivity contribution in [2.45, 2.75) is 46.2 Å². The summed E-state index contributed by atoms with van der Waals surface area (Å²) in [4.78, 5) is 35.6. The summed E-state index contributed by atoms with van der Waals surface area (Å²) in [5.74, 6) is -2.12. The largest absolute Gasteiger partial charge is 0.480 e. The Morgan fingerprint density at radius 1 is 1.17 bits per heavy atom. The molecule has 2 amide bonds. The summed E-state index contributed by atoms with van der Waals surface area (Å²) in [6.07, 6.45) is 1.68. The summed E-state index contributed by atoms with van der Waals surface area (Å²) in [5, 5.41) is 14.3. The van der Waals surface area contributed by atoms with Crippen LogP contribution < -0.4 is 10.6 Å². The fourth-order valence-corrected chi connectivity index (χ4v) is 2.11. The summed E-state index contributed by atoms with van der Waals surface area (Å²) in [6.45, 7) is 7.29. The molecule has 1 heterocycles. The molecule has 2 atom stereocenters. The van der Waals surface area contributed by atoms with Crippen LogP contribution in [0.5, 0.6) is 0 Å². The van der Waals surface area contributed by atoms with Crippen molar-refractivity contribution >= 4 is 17.8 Å². The van der Waals surface area contributed by atoms with Crippen molar-refractivity contribution in [3.8, 4) is 0 Å².